The van der Waals surface area contributed by atoms with Crippen molar-refractivity contribution >= 4 is 21.8 Å². The van der Waals surface area contributed by atoms with Crippen LogP contribution in [0.5, 0.6) is 0 Å². The van der Waals surface area contributed by atoms with Gasteiger partial charge < -0.3 is 9.64 Å². The summed E-state index contributed by atoms with van der Waals surface area (Å²) in [6, 6.07) is 4.49. The summed E-state index contributed by atoms with van der Waals surface area (Å²) in [6.07, 6.45) is 1.94. The minimum absolute atomic E-state index is 0.110. The van der Waals surface area contributed by atoms with Gasteiger partial charge in [0.05, 0.1) is 10.6 Å². The molecular formula is C14H17BrFNO2. The second-order valence-corrected chi connectivity index (χ2v) is 5.43. The number of rotatable bonds is 3. The normalized spacial score (nSPS) is 16.7. The van der Waals surface area contributed by atoms with Gasteiger partial charge in [-0.3, -0.25) is 4.79 Å². The third-order valence-electron chi connectivity index (χ3n) is 3.30. The number of hydrogen-bond acceptors (Lipinski definition) is 2. The molecule has 5 heteroatoms. The summed E-state index contributed by atoms with van der Waals surface area (Å²) >= 11 is 3.08. The monoisotopic (exact) mass is 329 g/mol. The summed E-state index contributed by atoms with van der Waals surface area (Å²) in [5.74, 6) is -0.517. The van der Waals surface area contributed by atoms with Gasteiger partial charge in [-0.25, -0.2) is 4.39 Å². The first kappa shape index (κ1) is 14.5. The highest BCUT2D eigenvalue weighted by molar-refractivity contribution is 9.10. The molecule has 1 amide bonds. The molecule has 0 unspecified atom stereocenters. The Labute approximate surface area is 120 Å². The fraction of sp³-hybridized carbons (Fsp3) is 0.500. The van der Waals surface area contributed by atoms with Crippen molar-refractivity contribution in [3.8, 4) is 0 Å². The van der Waals surface area contributed by atoms with Gasteiger partial charge in [-0.15, -0.1) is 0 Å². The molecule has 0 aliphatic carbocycles. The molecule has 1 aromatic carbocycles. The van der Waals surface area contributed by atoms with Crippen molar-refractivity contribution in [1.29, 1.82) is 0 Å². The molecule has 1 aromatic rings. The van der Waals surface area contributed by atoms with Gasteiger partial charge in [-0.05, 0) is 53.9 Å². The number of likely N-dealkylation sites (tertiary alicyclic amines) is 1. The number of piperidine rings is 1. The molecule has 0 aromatic heterocycles. The van der Waals surface area contributed by atoms with Crippen LogP contribution in [-0.4, -0.2) is 36.6 Å². The number of benzene rings is 1. The van der Waals surface area contributed by atoms with Crippen LogP contribution in [0, 0.1) is 5.82 Å². The highest BCUT2D eigenvalue weighted by atomic mass is 79.9. The van der Waals surface area contributed by atoms with Crippen molar-refractivity contribution < 1.29 is 13.9 Å². The van der Waals surface area contributed by atoms with Crippen LogP contribution in [-0.2, 0) is 4.74 Å². The molecule has 3 nitrogen and oxygen atoms in total. The summed E-state index contributed by atoms with van der Waals surface area (Å²) in [5.41, 5.74) is 0.399. The van der Waals surface area contributed by atoms with E-state index < -0.39 is 5.82 Å². The van der Waals surface area contributed by atoms with E-state index in [0.29, 0.717) is 29.7 Å². The number of amides is 1. The topological polar surface area (TPSA) is 29.5 Å². The zero-order chi connectivity index (χ0) is 13.8. The lowest BCUT2D eigenvalue weighted by atomic mass is 10.1. The lowest BCUT2D eigenvalue weighted by Crippen LogP contribution is -2.40. The quantitative estimate of drug-likeness (QED) is 0.852. The molecule has 2 rings (SSSR count). The van der Waals surface area contributed by atoms with Crippen molar-refractivity contribution in [3.05, 3.63) is 34.1 Å². The molecule has 104 valence electrons. The van der Waals surface area contributed by atoms with Gasteiger partial charge in [0, 0.05) is 25.3 Å². The molecule has 1 saturated heterocycles. The minimum atomic E-state index is -0.407. The zero-order valence-corrected chi connectivity index (χ0v) is 12.5. The van der Waals surface area contributed by atoms with Gasteiger partial charge in [0.15, 0.2) is 0 Å². The zero-order valence-electron chi connectivity index (χ0n) is 10.9. The number of halogens is 2. The van der Waals surface area contributed by atoms with E-state index in [1.807, 2.05) is 6.92 Å². The fourth-order valence-electron chi connectivity index (χ4n) is 2.27. The molecule has 0 atom stereocenters. The van der Waals surface area contributed by atoms with E-state index in [9.17, 15) is 9.18 Å². The smallest absolute Gasteiger partial charge is 0.253 e. The predicted octanol–water partition coefficient (Wildman–Crippen LogP) is 3.23. The van der Waals surface area contributed by atoms with E-state index >= 15 is 0 Å². The Morgan fingerprint density at radius 2 is 2.16 bits per heavy atom. The average Bonchev–Trinajstić information content (AvgIpc) is 2.42. The van der Waals surface area contributed by atoms with E-state index in [1.54, 1.807) is 17.0 Å². The molecule has 1 fully saturated rings. The van der Waals surface area contributed by atoms with Gasteiger partial charge in [0.1, 0.15) is 5.82 Å². The summed E-state index contributed by atoms with van der Waals surface area (Å²) in [4.78, 5) is 14.0. The van der Waals surface area contributed by atoms with E-state index in [-0.39, 0.29) is 12.0 Å². The molecule has 1 heterocycles. The highest BCUT2D eigenvalue weighted by Crippen LogP contribution is 2.20. The van der Waals surface area contributed by atoms with Crippen molar-refractivity contribution in [2.75, 3.05) is 19.7 Å². The van der Waals surface area contributed by atoms with E-state index in [1.165, 1.54) is 6.07 Å². The van der Waals surface area contributed by atoms with Crippen LogP contribution in [0.15, 0.2) is 22.7 Å². The number of ether oxygens (including phenoxy) is 1. The third-order valence-corrected chi connectivity index (χ3v) is 3.94. The molecule has 0 bridgehead atoms. The van der Waals surface area contributed by atoms with Crippen molar-refractivity contribution in [2.45, 2.75) is 25.9 Å². The summed E-state index contributed by atoms with van der Waals surface area (Å²) in [6.45, 7) is 4.01. The Morgan fingerprint density at radius 1 is 1.47 bits per heavy atom. The van der Waals surface area contributed by atoms with Crippen LogP contribution in [0.25, 0.3) is 0 Å². The lowest BCUT2D eigenvalue weighted by molar-refractivity contribution is 0.0146. The number of nitrogens with zero attached hydrogens (tertiary/aromatic N) is 1. The number of hydrogen-bond donors (Lipinski definition) is 0. The maximum Gasteiger partial charge on any atom is 0.253 e. The van der Waals surface area contributed by atoms with E-state index in [2.05, 4.69) is 15.9 Å². The van der Waals surface area contributed by atoms with Crippen LogP contribution in [0.1, 0.15) is 30.1 Å². The van der Waals surface area contributed by atoms with Gasteiger partial charge in [-0.2, -0.15) is 0 Å². The van der Waals surface area contributed by atoms with Crippen LogP contribution in [0.4, 0.5) is 4.39 Å². The van der Waals surface area contributed by atoms with Crippen LogP contribution >= 0.6 is 15.9 Å². The standard InChI is InChI=1S/C14H17BrFNO2/c1-2-19-11-5-7-17(8-6-11)14(18)10-3-4-12(15)13(16)9-10/h3-4,9,11H,2,5-8H2,1H3. The minimum Gasteiger partial charge on any atom is -0.378 e. The molecule has 0 saturated carbocycles. The molecular weight excluding hydrogens is 313 g/mol. The van der Waals surface area contributed by atoms with Crippen LogP contribution < -0.4 is 0 Å². The molecule has 19 heavy (non-hydrogen) atoms. The first-order chi connectivity index (χ1) is 9.11. The van der Waals surface area contributed by atoms with Gasteiger partial charge in [0.25, 0.3) is 5.91 Å². The van der Waals surface area contributed by atoms with E-state index in [0.717, 1.165) is 12.8 Å². The summed E-state index contributed by atoms with van der Waals surface area (Å²) in [7, 11) is 0. The van der Waals surface area contributed by atoms with Crippen LogP contribution in [0.2, 0.25) is 0 Å². The molecule has 0 radical (unpaired) electrons. The largest absolute Gasteiger partial charge is 0.378 e. The molecule has 1 aliphatic rings. The summed E-state index contributed by atoms with van der Waals surface area (Å²) in [5, 5.41) is 0. The lowest BCUT2D eigenvalue weighted by Gasteiger charge is -2.31. The SMILES string of the molecule is CCOC1CCN(C(=O)c2ccc(Br)c(F)c2)CC1. The summed E-state index contributed by atoms with van der Waals surface area (Å²) < 4.78 is 19.4. The van der Waals surface area contributed by atoms with Crippen LogP contribution in [0.3, 0.4) is 0 Å². The first-order valence-electron chi connectivity index (χ1n) is 6.47. The molecule has 0 N–H and O–H groups in total. The Balaban J connectivity index is 1.99. The van der Waals surface area contributed by atoms with Crippen molar-refractivity contribution in [1.82, 2.24) is 4.90 Å². The van der Waals surface area contributed by atoms with Crippen molar-refractivity contribution in [3.63, 3.8) is 0 Å². The maximum absolute atomic E-state index is 13.4. The van der Waals surface area contributed by atoms with E-state index in [4.69, 9.17) is 4.74 Å². The second-order valence-electron chi connectivity index (χ2n) is 4.58. The number of carbonyl (C=O) groups excluding carboxylic acids is 1. The maximum atomic E-state index is 13.4. The molecule has 1 aliphatic heterocycles. The predicted molar refractivity (Wildman–Crippen MR) is 74.7 cm³/mol. The average molecular weight is 330 g/mol. The van der Waals surface area contributed by atoms with Gasteiger partial charge >= 0.3 is 0 Å². The van der Waals surface area contributed by atoms with Gasteiger partial charge in [-0.1, -0.05) is 0 Å². The Hall–Kier alpha value is -0.940. The fourth-order valence-corrected chi connectivity index (χ4v) is 2.52. The Morgan fingerprint density at radius 3 is 2.74 bits per heavy atom. The second kappa shape index (κ2) is 6.48. The Bertz CT molecular complexity index is 459. The first-order valence-corrected chi connectivity index (χ1v) is 7.27. The van der Waals surface area contributed by atoms with Crippen molar-refractivity contribution in [2.24, 2.45) is 0 Å². The van der Waals surface area contributed by atoms with Gasteiger partial charge in [0.2, 0.25) is 0 Å². The molecule has 0 spiro atoms. The Kier molecular flexibility index (Phi) is 4.93. The number of carbonyl (C=O) groups is 1. The third kappa shape index (κ3) is 3.54. The highest BCUT2D eigenvalue weighted by Gasteiger charge is 2.24.